The van der Waals surface area contributed by atoms with Crippen molar-refractivity contribution in [1.29, 1.82) is 0 Å². The van der Waals surface area contributed by atoms with Crippen molar-refractivity contribution < 1.29 is 0 Å². The number of benzene rings is 1. The molecule has 0 N–H and O–H groups in total. The summed E-state index contributed by atoms with van der Waals surface area (Å²) < 4.78 is 4.04. The van der Waals surface area contributed by atoms with Crippen molar-refractivity contribution in [2.75, 3.05) is 13.1 Å². The highest BCUT2D eigenvalue weighted by Gasteiger charge is 2.33. The smallest absolute Gasteiger partial charge is 0.257 e. The molecule has 0 atom stereocenters. The summed E-state index contributed by atoms with van der Waals surface area (Å²) in [5.41, 5.74) is 5.80. The van der Waals surface area contributed by atoms with E-state index in [2.05, 4.69) is 44.8 Å². The summed E-state index contributed by atoms with van der Waals surface area (Å²) >= 11 is 0. The van der Waals surface area contributed by atoms with E-state index in [-0.39, 0.29) is 5.56 Å². The molecule has 134 valence electrons. The van der Waals surface area contributed by atoms with Gasteiger partial charge in [-0.1, -0.05) is 18.2 Å². The van der Waals surface area contributed by atoms with Crippen molar-refractivity contribution in [3.8, 4) is 5.69 Å². The fourth-order valence-corrected chi connectivity index (χ4v) is 4.94. The molecule has 2 bridgehead atoms. The molecule has 3 aromatic heterocycles. The third kappa shape index (κ3) is 2.15. The van der Waals surface area contributed by atoms with Gasteiger partial charge in [-0.15, -0.1) is 0 Å². The monoisotopic (exact) mass is 356 g/mol. The molecule has 0 radical (unpaired) electrons. The molecule has 3 aliphatic heterocycles. The Bertz CT molecular complexity index is 1240. The molecule has 1 saturated heterocycles. The van der Waals surface area contributed by atoms with E-state index in [9.17, 15) is 4.79 Å². The van der Waals surface area contributed by atoms with Crippen LogP contribution in [0.2, 0.25) is 0 Å². The maximum Gasteiger partial charge on any atom is 0.257 e. The first kappa shape index (κ1) is 15.2. The first-order valence-electron chi connectivity index (χ1n) is 9.62. The van der Waals surface area contributed by atoms with E-state index in [0.717, 1.165) is 12.2 Å². The van der Waals surface area contributed by atoms with Crippen molar-refractivity contribution in [2.24, 2.45) is 0 Å². The van der Waals surface area contributed by atoms with Gasteiger partial charge in [-0.2, -0.15) is 0 Å². The second-order valence-electron chi connectivity index (χ2n) is 7.67. The van der Waals surface area contributed by atoms with Crippen molar-refractivity contribution in [3.63, 3.8) is 0 Å². The van der Waals surface area contributed by atoms with Gasteiger partial charge in [0.25, 0.3) is 5.56 Å². The van der Waals surface area contributed by atoms with E-state index in [1.165, 1.54) is 54.2 Å². The van der Waals surface area contributed by atoms with Crippen LogP contribution in [-0.4, -0.2) is 31.9 Å². The van der Waals surface area contributed by atoms with Crippen molar-refractivity contribution in [3.05, 3.63) is 76.5 Å². The Morgan fingerprint density at radius 3 is 2.74 bits per heavy atom. The number of rotatable bonds is 1. The number of pyridine rings is 1. The summed E-state index contributed by atoms with van der Waals surface area (Å²) in [6.45, 7) is 3.37. The predicted molar refractivity (Wildman–Crippen MR) is 106 cm³/mol. The highest BCUT2D eigenvalue weighted by Crippen LogP contribution is 2.42. The van der Waals surface area contributed by atoms with E-state index in [4.69, 9.17) is 0 Å². The average Bonchev–Trinajstić information content (AvgIpc) is 2.82. The lowest BCUT2D eigenvalue weighted by atomic mass is 9.94. The fourth-order valence-electron chi connectivity index (χ4n) is 4.94. The van der Waals surface area contributed by atoms with E-state index < -0.39 is 0 Å². The van der Waals surface area contributed by atoms with E-state index in [1.807, 2.05) is 12.3 Å². The minimum absolute atomic E-state index is 0.0450. The summed E-state index contributed by atoms with van der Waals surface area (Å²) in [5.74, 6) is 0.576. The maximum atomic E-state index is 12.3. The zero-order valence-corrected chi connectivity index (χ0v) is 15.0. The molecule has 7 rings (SSSR count). The van der Waals surface area contributed by atoms with Crippen LogP contribution in [0, 0.1) is 0 Å². The van der Waals surface area contributed by atoms with Crippen molar-refractivity contribution >= 4 is 16.6 Å². The number of aromatic nitrogens is 3. The van der Waals surface area contributed by atoms with Crippen LogP contribution in [0.5, 0.6) is 0 Å². The molecular formula is C22H20N4O. The number of hydrogen-bond donors (Lipinski definition) is 0. The van der Waals surface area contributed by atoms with Gasteiger partial charge >= 0.3 is 0 Å². The minimum atomic E-state index is -0.0450. The SMILES string of the molecule is O=c1ccnc2ccc(-n3c4c(c5ccccc53)CN3CCC4CC3)cn12. The minimum Gasteiger partial charge on any atom is -0.311 e. The van der Waals surface area contributed by atoms with Crippen LogP contribution in [0.25, 0.3) is 22.2 Å². The van der Waals surface area contributed by atoms with Gasteiger partial charge in [0.1, 0.15) is 5.65 Å². The Hall–Kier alpha value is -2.92. The fraction of sp³-hybridized carbons (Fsp3) is 0.273. The van der Waals surface area contributed by atoms with Crippen LogP contribution in [0.3, 0.4) is 0 Å². The van der Waals surface area contributed by atoms with Crippen LogP contribution in [0.15, 0.2) is 59.7 Å². The highest BCUT2D eigenvalue weighted by molar-refractivity contribution is 5.87. The number of nitrogens with zero attached hydrogens (tertiary/aromatic N) is 4. The largest absolute Gasteiger partial charge is 0.311 e. The van der Waals surface area contributed by atoms with Crippen LogP contribution < -0.4 is 5.56 Å². The van der Waals surface area contributed by atoms with Gasteiger partial charge in [0.2, 0.25) is 0 Å². The van der Waals surface area contributed by atoms with E-state index >= 15 is 0 Å². The second kappa shape index (κ2) is 5.54. The molecule has 0 unspecified atom stereocenters. The van der Waals surface area contributed by atoms with Gasteiger partial charge < -0.3 is 4.57 Å². The second-order valence-corrected chi connectivity index (χ2v) is 7.67. The maximum absolute atomic E-state index is 12.3. The molecular weight excluding hydrogens is 336 g/mol. The lowest BCUT2D eigenvalue weighted by molar-refractivity contribution is 0.220. The zero-order chi connectivity index (χ0) is 18.0. The lowest BCUT2D eigenvalue weighted by Crippen LogP contribution is -2.29. The van der Waals surface area contributed by atoms with E-state index in [1.54, 1.807) is 10.6 Å². The zero-order valence-electron chi connectivity index (χ0n) is 15.0. The third-order valence-electron chi connectivity index (χ3n) is 6.21. The molecule has 1 aromatic carbocycles. The molecule has 0 saturated carbocycles. The first-order valence-corrected chi connectivity index (χ1v) is 9.62. The Kier molecular flexibility index (Phi) is 3.11. The van der Waals surface area contributed by atoms with Crippen LogP contribution in [-0.2, 0) is 6.54 Å². The molecule has 3 aliphatic rings. The highest BCUT2D eigenvalue weighted by atomic mass is 16.1. The molecule has 0 amide bonds. The quantitative estimate of drug-likeness (QED) is 0.525. The summed E-state index contributed by atoms with van der Waals surface area (Å²) in [6, 6.07) is 14.2. The average molecular weight is 356 g/mol. The Morgan fingerprint density at radius 1 is 1.00 bits per heavy atom. The molecule has 0 aliphatic carbocycles. The van der Waals surface area contributed by atoms with Crippen molar-refractivity contribution in [2.45, 2.75) is 25.3 Å². The van der Waals surface area contributed by atoms with Gasteiger partial charge in [0, 0.05) is 42.0 Å². The van der Waals surface area contributed by atoms with Gasteiger partial charge in [0.15, 0.2) is 0 Å². The van der Waals surface area contributed by atoms with Gasteiger partial charge in [-0.3, -0.25) is 14.1 Å². The van der Waals surface area contributed by atoms with Crippen molar-refractivity contribution in [1.82, 2.24) is 18.9 Å². The summed E-state index contributed by atoms with van der Waals surface area (Å²) in [6.07, 6.45) is 5.92. The molecule has 5 nitrogen and oxygen atoms in total. The van der Waals surface area contributed by atoms with Gasteiger partial charge in [-0.25, -0.2) is 4.98 Å². The van der Waals surface area contributed by atoms with Crippen LogP contribution >= 0.6 is 0 Å². The topological polar surface area (TPSA) is 42.5 Å². The molecule has 6 heterocycles. The number of hydrogen-bond acceptors (Lipinski definition) is 3. The standard InChI is InChI=1S/C22H20N4O/c27-21-7-10-23-20-6-5-16(13-25(20)21)26-19-4-2-1-3-17(19)18-14-24-11-8-15(9-12-24)22(18)26/h1-7,10,13,15H,8-9,11-12,14H2. The Balaban J connectivity index is 1.70. The van der Waals surface area contributed by atoms with Crippen LogP contribution in [0.1, 0.15) is 30.0 Å². The predicted octanol–water partition coefficient (Wildman–Crippen LogP) is 3.33. The van der Waals surface area contributed by atoms with E-state index in [0.29, 0.717) is 11.6 Å². The van der Waals surface area contributed by atoms with Gasteiger partial charge in [0.05, 0.1) is 11.2 Å². The Morgan fingerprint density at radius 2 is 1.85 bits per heavy atom. The molecule has 4 aromatic rings. The normalized spacial score (nSPS) is 21.5. The third-order valence-corrected chi connectivity index (χ3v) is 6.21. The van der Waals surface area contributed by atoms with Gasteiger partial charge in [-0.05, 0) is 49.7 Å². The number of para-hydroxylation sites is 1. The number of piperidine rings is 1. The van der Waals surface area contributed by atoms with Crippen LogP contribution in [0.4, 0.5) is 0 Å². The summed E-state index contributed by atoms with van der Waals surface area (Å²) in [4.78, 5) is 19.2. The number of fused-ring (bicyclic) bond motifs is 4. The molecule has 1 fully saturated rings. The first-order chi connectivity index (χ1) is 13.3. The lowest BCUT2D eigenvalue weighted by Gasteiger charge is -2.27. The summed E-state index contributed by atoms with van der Waals surface area (Å²) in [7, 11) is 0. The molecule has 5 heteroatoms. The summed E-state index contributed by atoms with van der Waals surface area (Å²) in [5, 5.41) is 1.34. The molecule has 0 spiro atoms. The Labute approximate surface area is 156 Å². The molecule has 27 heavy (non-hydrogen) atoms.